The number of amides is 2. The van der Waals surface area contributed by atoms with Gasteiger partial charge < -0.3 is 19.7 Å². The summed E-state index contributed by atoms with van der Waals surface area (Å²) in [7, 11) is 1.45. The molecule has 21 heavy (non-hydrogen) atoms. The van der Waals surface area contributed by atoms with E-state index in [2.05, 4.69) is 5.32 Å². The average Bonchev–Trinajstić information content (AvgIpc) is 3.08. The predicted molar refractivity (Wildman–Crippen MR) is 75.6 cm³/mol. The van der Waals surface area contributed by atoms with Gasteiger partial charge in [-0.2, -0.15) is 0 Å². The number of thiophene rings is 1. The Morgan fingerprint density at radius 3 is 2.76 bits per heavy atom. The van der Waals surface area contributed by atoms with Crippen molar-refractivity contribution in [3.63, 3.8) is 0 Å². The average molecular weight is 308 g/mol. The highest BCUT2D eigenvalue weighted by Gasteiger charge is 2.19. The van der Waals surface area contributed by atoms with E-state index >= 15 is 0 Å². The maximum Gasteiger partial charge on any atom is 0.348 e. The van der Waals surface area contributed by atoms with Crippen LogP contribution in [0.15, 0.2) is 34.3 Å². The summed E-state index contributed by atoms with van der Waals surface area (Å²) in [5.74, 6) is -1.90. The molecule has 2 rings (SSSR count). The number of carboxylic acids is 1. The Hall–Kier alpha value is -2.61. The maximum atomic E-state index is 11.9. The molecule has 2 aromatic heterocycles. The molecule has 0 aromatic carbocycles. The number of carbonyl (C=O) groups excluding carboxylic acids is 2. The number of aromatic carboxylic acids is 1. The Morgan fingerprint density at radius 1 is 1.38 bits per heavy atom. The highest BCUT2D eigenvalue weighted by atomic mass is 32.1. The third-order valence-electron chi connectivity index (χ3n) is 2.59. The highest BCUT2D eigenvalue weighted by molar-refractivity contribution is 7.12. The topological polar surface area (TPSA) is 99.9 Å². The van der Waals surface area contributed by atoms with Crippen LogP contribution in [0.1, 0.15) is 20.2 Å². The van der Waals surface area contributed by atoms with Gasteiger partial charge in [-0.3, -0.25) is 9.59 Å². The molecule has 2 aromatic rings. The fourth-order valence-corrected chi connectivity index (χ4v) is 2.33. The van der Waals surface area contributed by atoms with Gasteiger partial charge in [0.25, 0.3) is 5.91 Å². The maximum absolute atomic E-state index is 11.9. The van der Waals surface area contributed by atoms with E-state index in [1.165, 1.54) is 30.3 Å². The second-order valence-electron chi connectivity index (χ2n) is 4.16. The Morgan fingerprint density at radius 2 is 2.14 bits per heavy atom. The van der Waals surface area contributed by atoms with E-state index in [0.717, 1.165) is 11.3 Å². The summed E-state index contributed by atoms with van der Waals surface area (Å²) in [6.45, 7) is -0.214. The number of carbonyl (C=O) groups is 3. The Kier molecular flexibility index (Phi) is 4.39. The SMILES string of the molecule is CN(CC(=O)Nc1ccsc1C(=O)O)C(=O)c1ccco1. The minimum Gasteiger partial charge on any atom is -0.477 e. The van der Waals surface area contributed by atoms with Crippen LogP contribution in [0.25, 0.3) is 0 Å². The third-order valence-corrected chi connectivity index (χ3v) is 3.50. The largest absolute Gasteiger partial charge is 0.477 e. The van der Waals surface area contributed by atoms with Gasteiger partial charge >= 0.3 is 5.97 Å². The summed E-state index contributed by atoms with van der Waals surface area (Å²) >= 11 is 1.01. The Balaban J connectivity index is 1.97. The van der Waals surface area contributed by atoms with E-state index in [-0.39, 0.29) is 22.9 Å². The normalized spacial score (nSPS) is 10.1. The summed E-state index contributed by atoms with van der Waals surface area (Å²) in [6.07, 6.45) is 1.37. The van der Waals surface area contributed by atoms with Gasteiger partial charge in [0.15, 0.2) is 5.76 Å². The molecule has 0 saturated carbocycles. The molecule has 0 saturated heterocycles. The van der Waals surface area contributed by atoms with Gasteiger partial charge in [-0.05, 0) is 23.6 Å². The fraction of sp³-hybridized carbons (Fsp3) is 0.154. The first kappa shape index (κ1) is 14.8. The summed E-state index contributed by atoms with van der Waals surface area (Å²) in [5.41, 5.74) is 0.219. The van der Waals surface area contributed by atoms with Crippen LogP contribution in [0.2, 0.25) is 0 Å². The van der Waals surface area contributed by atoms with Crippen molar-refractivity contribution >= 4 is 34.8 Å². The summed E-state index contributed by atoms with van der Waals surface area (Å²) < 4.78 is 4.96. The van der Waals surface area contributed by atoms with Crippen molar-refractivity contribution < 1.29 is 23.9 Å². The molecule has 0 aliphatic carbocycles. The van der Waals surface area contributed by atoms with Crippen molar-refractivity contribution in [3.05, 3.63) is 40.5 Å². The van der Waals surface area contributed by atoms with Crippen LogP contribution in [0, 0.1) is 0 Å². The molecule has 0 aliphatic heterocycles. The number of carboxylic acid groups (broad SMARTS) is 1. The van der Waals surface area contributed by atoms with Crippen molar-refractivity contribution in [1.29, 1.82) is 0 Å². The van der Waals surface area contributed by atoms with Crippen molar-refractivity contribution in [2.75, 3.05) is 18.9 Å². The quantitative estimate of drug-likeness (QED) is 0.876. The van der Waals surface area contributed by atoms with Gasteiger partial charge in [0.2, 0.25) is 5.91 Å². The monoisotopic (exact) mass is 308 g/mol. The second kappa shape index (κ2) is 6.23. The molecule has 8 heteroatoms. The molecule has 7 nitrogen and oxygen atoms in total. The number of nitrogens with one attached hydrogen (secondary N) is 1. The van der Waals surface area contributed by atoms with Crippen molar-refractivity contribution in [3.8, 4) is 0 Å². The van der Waals surface area contributed by atoms with Gasteiger partial charge in [-0.1, -0.05) is 0 Å². The number of anilines is 1. The minimum absolute atomic E-state index is 0.0448. The molecule has 0 spiro atoms. The fourth-order valence-electron chi connectivity index (χ4n) is 1.64. The van der Waals surface area contributed by atoms with Gasteiger partial charge in [-0.25, -0.2) is 4.79 Å². The number of hydrogen-bond acceptors (Lipinski definition) is 5. The zero-order valence-corrected chi connectivity index (χ0v) is 11.8. The van der Waals surface area contributed by atoms with E-state index in [1.807, 2.05) is 0 Å². The first-order valence-electron chi connectivity index (χ1n) is 5.88. The summed E-state index contributed by atoms with van der Waals surface area (Å²) in [6, 6.07) is 4.57. The number of hydrogen-bond donors (Lipinski definition) is 2. The predicted octanol–water partition coefficient (Wildman–Crippen LogP) is 1.75. The lowest BCUT2D eigenvalue weighted by Crippen LogP contribution is -2.34. The summed E-state index contributed by atoms with van der Waals surface area (Å²) in [4.78, 5) is 35.9. The molecule has 0 fully saturated rings. The lowest BCUT2D eigenvalue weighted by molar-refractivity contribution is -0.116. The van der Waals surface area contributed by atoms with Crippen LogP contribution in [-0.2, 0) is 4.79 Å². The molecular weight excluding hydrogens is 296 g/mol. The number of furan rings is 1. The molecule has 0 radical (unpaired) electrons. The van der Waals surface area contributed by atoms with E-state index in [4.69, 9.17) is 9.52 Å². The van der Waals surface area contributed by atoms with Gasteiger partial charge in [0, 0.05) is 7.05 Å². The standard InChI is InChI=1S/C13H12N2O5S/c1-15(12(17)9-3-2-5-20-9)7-10(16)14-8-4-6-21-11(8)13(18)19/h2-6H,7H2,1H3,(H,14,16)(H,18,19). The van der Waals surface area contributed by atoms with Gasteiger partial charge in [0.1, 0.15) is 4.88 Å². The third kappa shape index (κ3) is 3.48. The molecule has 110 valence electrons. The highest BCUT2D eigenvalue weighted by Crippen LogP contribution is 2.22. The zero-order valence-electron chi connectivity index (χ0n) is 11.0. The van der Waals surface area contributed by atoms with E-state index < -0.39 is 17.8 Å². The second-order valence-corrected chi connectivity index (χ2v) is 5.07. The van der Waals surface area contributed by atoms with E-state index in [9.17, 15) is 14.4 Å². The van der Waals surface area contributed by atoms with Crippen molar-refractivity contribution in [2.24, 2.45) is 0 Å². The molecule has 0 aliphatic rings. The van der Waals surface area contributed by atoms with E-state index in [1.54, 1.807) is 11.4 Å². The number of rotatable bonds is 5. The Bertz CT molecular complexity index is 662. The molecule has 2 amide bonds. The van der Waals surface area contributed by atoms with Crippen LogP contribution in [0.3, 0.4) is 0 Å². The van der Waals surface area contributed by atoms with Crippen LogP contribution in [0.5, 0.6) is 0 Å². The summed E-state index contributed by atoms with van der Waals surface area (Å²) in [5, 5.41) is 13.0. The molecule has 0 unspecified atom stereocenters. The van der Waals surface area contributed by atoms with Crippen molar-refractivity contribution in [1.82, 2.24) is 4.90 Å². The van der Waals surface area contributed by atoms with Crippen molar-refractivity contribution in [2.45, 2.75) is 0 Å². The molecular formula is C13H12N2O5S. The molecule has 2 N–H and O–H groups in total. The van der Waals surface area contributed by atoms with Crippen LogP contribution >= 0.6 is 11.3 Å². The van der Waals surface area contributed by atoms with E-state index in [0.29, 0.717) is 0 Å². The van der Waals surface area contributed by atoms with Crippen LogP contribution in [0.4, 0.5) is 5.69 Å². The smallest absolute Gasteiger partial charge is 0.348 e. The van der Waals surface area contributed by atoms with Crippen LogP contribution < -0.4 is 5.32 Å². The van der Waals surface area contributed by atoms with Gasteiger partial charge in [0.05, 0.1) is 18.5 Å². The lowest BCUT2D eigenvalue weighted by Gasteiger charge is -2.15. The number of nitrogens with zero attached hydrogens (tertiary/aromatic N) is 1. The first-order chi connectivity index (χ1) is 9.99. The molecule has 0 bridgehead atoms. The van der Waals surface area contributed by atoms with Crippen LogP contribution in [-0.4, -0.2) is 41.4 Å². The molecule has 0 atom stereocenters. The van der Waals surface area contributed by atoms with Gasteiger partial charge in [-0.15, -0.1) is 11.3 Å². The lowest BCUT2D eigenvalue weighted by atomic mass is 10.3. The zero-order chi connectivity index (χ0) is 15.4. The Labute approximate surface area is 123 Å². The first-order valence-corrected chi connectivity index (χ1v) is 6.76. The molecule has 2 heterocycles. The minimum atomic E-state index is -1.11. The number of likely N-dealkylation sites (N-methyl/N-ethyl adjacent to an activating group) is 1.